The molecule has 0 aliphatic heterocycles. The topological polar surface area (TPSA) is 108 Å². The minimum Gasteiger partial charge on any atom is -0.481 e. The number of aliphatic carboxylic acids is 1. The maximum Gasteiger partial charge on any atom is 0.321 e. The zero-order valence-electron chi connectivity index (χ0n) is 13.1. The molecule has 0 aromatic heterocycles. The minimum atomic E-state index is -1.21. The summed E-state index contributed by atoms with van der Waals surface area (Å²) < 4.78 is 5.27. The predicted octanol–water partition coefficient (Wildman–Crippen LogP) is -0.109. The van der Waals surface area contributed by atoms with Crippen molar-refractivity contribution in [3.63, 3.8) is 0 Å². The van der Waals surface area contributed by atoms with Gasteiger partial charge in [-0.3, -0.25) is 14.9 Å². The Morgan fingerprint density at radius 3 is 2.33 bits per heavy atom. The molecule has 8 nitrogen and oxygen atoms in total. The molecule has 0 unspecified atom stereocenters. The highest BCUT2D eigenvalue weighted by Crippen LogP contribution is 2.19. The first-order valence-corrected chi connectivity index (χ1v) is 6.68. The molecule has 0 fully saturated rings. The molecule has 21 heavy (non-hydrogen) atoms. The van der Waals surface area contributed by atoms with Gasteiger partial charge in [-0.25, -0.2) is 4.79 Å². The van der Waals surface area contributed by atoms with Crippen LogP contribution in [0.2, 0.25) is 0 Å². The van der Waals surface area contributed by atoms with Gasteiger partial charge >= 0.3 is 12.0 Å². The number of rotatable bonds is 9. The van der Waals surface area contributed by atoms with Crippen LogP contribution in [0.5, 0.6) is 0 Å². The number of nitrogens with zero attached hydrogens (tertiary/aromatic N) is 1. The Hall–Kier alpha value is -1.67. The molecular formula is C13H25N3O5. The number of amides is 3. The van der Waals surface area contributed by atoms with Gasteiger partial charge in [0, 0.05) is 19.5 Å². The number of ether oxygens (including phenoxy) is 1. The van der Waals surface area contributed by atoms with Gasteiger partial charge in [0.05, 0.1) is 18.6 Å². The maximum absolute atomic E-state index is 11.5. The van der Waals surface area contributed by atoms with Gasteiger partial charge in [-0.05, 0) is 27.9 Å². The average molecular weight is 303 g/mol. The van der Waals surface area contributed by atoms with Crippen LogP contribution in [0.15, 0.2) is 0 Å². The molecule has 0 saturated heterocycles. The SMILES string of the molecule is CN(C)CCOCCNC(=O)NC(=O)CC(C)(C)C(=O)O. The summed E-state index contributed by atoms with van der Waals surface area (Å²) in [6, 6.07) is -0.655. The van der Waals surface area contributed by atoms with Crippen molar-refractivity contribution < 1.29 is 24.2 Å². The fourth-order valence-electron chi connectivity index (χ4n) is 1.28. The lowest BCUT2D eigenvalue weighted by atomic mass is 9.89. The van der Waals surface area contributed by atoms with Gasteiger partial charge < -0.3 is 20.1 Å². The van der Waals surface area contributed by atoms with Gasteiger partial charge in [0.1, 0.15) is 0 Å². The lowest BCUT2D eigenvalue weighted by Gasteiger charge is -2.17. The van der Waals surface area contributed by atoms with E-state index in [1.165, 1.54) is 13.8 Å². The van der Waals surface area contributed by atoms with E-state index < -0.39 is 23.3 Å². The summed E-state index contributed by atoms with van der Waals surface area (Å²) in [5.41, 5.74) is -1.21. The van der Waals surface area contributed by atoms with Gasteiger partial charge in [-0.1, -0.05) is 0 Å². The largest absolute Gasteiger partial charge is 0.481 e. The van der Waals surface area contributed by atoms with Crippen LogP contribution in [0.1, 0.15) is 20.3 Å². The smallest absolute Gasteiger partial charge is 0.321 e. The van der Waals surface area contributed by atoms with Crippen molar-refractivity contribution in [3.05, 3.63) is 0 Å². The number of carbonyl (C=O) groups excluding carboxylic acids is 2. The molecule has 0 radical (unpaired) electrons. The third-order valence-corrected chi connectivity index (χ3v) is 2.65. The van der Waals surface area contributed by atoms with Crippen LogP contribution in [0.4, 0.5) is 4.79 Å². The predicted molar refractivity (Wildman–Crippen MR) is 76.9 cm³/mol. The first-order chi connectivity index (χ1) is 9.65. The molecule has 8 heteroatoms. The molecule has 0 spiro atoms. The number of urea groups is 1. The molecule has 0 rings (SSSR count). The monoisotopic (exact) mass is 303 g/mol. The molecule has 0 bridgehead atoms. The number of hydrogen-bond acceptors (Lipinski definition) is 5. The van der Waals surface area contributed by atoms with Crippen LogP contribution in [-0.2, 0) is 14.3 Å². The van der Waals surface area contributed by atoms with Crippen molar-refractivity contribution in [1.82, 2.24) is 15.5 Å². The van der Waals surface area contributed by atoms with Crippen LogP contribution in [0.25, 0.3) is 0 Å². The lowest BCUT2D eigenvalue weighted by molar-refractivity contribution is -0.149. The summed E-state index contributed by atoms with van der Waals surface area (Å²) >= 11 is 0. The van der Waals surface area contributed by atoms with Crippen molar-refractivity contribution >= 4 is 17.9 Å². The molecule has 0 aliphatic carbocycles. The second-order valence-corrected chi connectivity index (χ2v) is 5.59. The first-order valence-electron chi connectivity index (χ1n) is 6.68. The van der Waals surface area contributed by atoms with E-state index >= 15 is 0 Å². The van der Waals surface area contributed by atoms with Gasteiger partial charge in [0.25, 0.3) is 0 Å². The quantitative estimate of drug-likeness (QED) is 0.513. The highest BCUT2D eigenvalue weighted by molar-refractivity contribution is 5.96. The van der Waals surface area contributed by atoms with E-state index in [4.69, 9.17) is 9.84 Å². The third kappa shape index (κ3) is 9.80. The number of carbonyl (C=O) groups is 3. The van der Waals surface area contributed by atoms with E-state index in [0.29, 0.717) is 13.2 Å². The van der Waals surface area contributed by atoms with E-state index in [2.05, 4.69) is 10.6 Å². The van der Waals surface area contributed by atoms with Crippen LogP contribution in [-0.4, -0.2) is 68.3 Å². The fraction of sp³-hybridized carbons (Fsp3) is 0.769. The number of carboxylic acid groups (broad SMARTS) is 1. The molecule has 0 heterocycles. The molecule has 0 aliphatic rings. The van der Waals surface area contributed by atoms with Crippen molar-refractivity contribution in [1.29, 1.82) is 0 Å². The van der Waals surface area contributed by atoms with Crippen molar-refractivity contribution in [2.45, 2.75) is 20.3 Å². The minimum absolute atomic E-state index is 0.269. The Balaban J connectivity index is 3.80. The number of likely N-dealkylation sites (N-methyl/N-ethyl adjacent to an activating group) is 1. The Kier molecular flexibility index (Phi) is 8.56. The molecule has 0 aromatic carbocycles. The first kappa shape index (κ1) is 19.3. The normalized spacial score (nSPS) is 11.3. The third-order valence-electron chi connectivity index (χ3n) is 2.65. The number of carboxylic acids is 1. The second-order valence-electron chi connectivity index (χ2n) is 5.59. The zero-order valence-corrected chi connectivity index (χ0v) is 13.1. The molecule has 0 atom stereocenters. The number of imide groups is 1. The van der Waals surface area contributed by atoms with Crippen LogP contribution >= 0.6 is 0 Å². The zero-order chi connectivity index (χ0) is 16.5. The van der Waals surface area contributed by atoms with E-state index in [0.717, 1.165) is 6.54 Å². The lowest BCUT2D eigenvalue weighted by Crippen LogP contribution is -2.43. The Morgan fingerprint density at radius 1 is 1.19 bits per heavy atom. The summed E-state index contributed by atoms with van der Waals surface area (Å²) in [7, 11) is 3.86. The van der Waals surface area contributed by atoms with Crippen LogP contribution in [0.3, 0.4) is 0 Å². The highest BCUT2D eigenvalue weighted by Gasteiger charge is 2.30. The molecule has 0 saturated carbocycles. The summed E-state index contributed by atoms with van der Waals surface area (Å²) in [5.74, 6) is -1.72. The summed E-state index contributed by atoms with van der Waals surface area (Å²) in [4.78, 5) is 35.7. The van der Waals surface area contributed by atoms with E-state index in [-0.39, 0.29) is 13.0 Å². The molecule has 0 aromatic rings. The Morgan fingerprint density at radius 2 is 1.81 bits per heavy atom. The summed E-state index contributed by atoms with van der Waals surface area (Å²) in [6.45, 7) is 4.80. The van der Waals surface area contributed by atoms with Crippen LogP contribution in [0, 0.1) is 5.41 Å². The van der Waals surface area contributed by atoms with Crippen molar-refractivity contribution in [2.24, 2.45) is 5.41 Å². The molecule has 3 N–H and O–H groups in total. The Labute approximate surface area is 124 Å². The van der Waals surface area contributed by atoms with Crippen molar-refractivity contribution in [3.8, 4) is 0 Å². The standard InChI is InChI=1S/C13H25N3O5/c1-13(2,11(18)19)9-10(17)15-12(20)14-5-7-21-8-6-16(3)4/h5-9H2,1-4H3,(H,18,19)(H2,14,15,17,20). The number of hydrogen-bond donors (Lipinski definition) is 3. The fourth-order valence-corrected chi connectivity index (χ4v) is 1.28. The van der Waals surface area contributed by atoms with Crippen LogP contribution < -0.4 is 10.6 Å². The number of nitrogens with one attached hydrogen (secondary N) is 2. The van der Waals surface area contributed by atoms with Gasteiger partial charge in [0.2, 0.25) is 5.91 Å². The van der Waals surface area contributed by atoms with E-state index in [1.807, 2.05) is 19.0 Å². The highest BCUT2D eigenvalue weighted by atomic mass is 16.5. The maximum atomic E-state index is 11.5. The second kappa shape index (κ2) is 9.30. The molecular weight excluding hydrogens is 278 g/mol. The Bertz CT molecular complexity index is 369. The van der Waals surface area contributed by atoms with E-state index in [9.17, 15) is 14.4 Å². The summed E-state index contributed by atoms with van der Waals surface area (Å²) in [5, 5.41) is 13.4. The molecule has 122 valence electrons. The van der Waals surface area contributed by atoms with E-state index in [1.54, 1.807) is 0 Å². The summed E-state index contributed by atoms with van der Waals surface area (Å²) in [6.07, 6.45) is -0.269. The van der Waals surface area contributed by atoms with Gasteiger partial charge in [-0.2, -0.15) is 0 Å². The molecule has 3 amide bonds. The average Bonchev–Trinajstić information content (AvgIpc) is 2.31. The van der Waals surface area contributed by atoms with Gasteiger partial charge in [0.15, 0.2) is 0 Å². The van der Waals surface area contributed by atoms with Crippen molar-refractivity contribution in [2.75, 3.05) is 40.4 Å². The van der Waals surface area contributed by atoms with Gasteiger partial charge in [-0.15, -0.1) is 0 Å².